The Hall–Kier alpha value is -1.61. The van der Waals surface area contributed by atoms with E-state index >= 15 is 0 Å². The number of hydrogen-bond donors (Lipinski definition) is 1. The Bertz CT molecular complexity index is 432. The van der Waals surface area contributed by atoms with Crippen molar-refractivity contribution in [3.63, 3.8) is 0 Å². The first-order valence-corrected chi connectivity index (χ1v) is 4.59. The van der Waals surface area contributed by atoms with Gasteiger partial charge in [0, 0.05) is 25.4 Å². The molecular weight excluding hydrogens is 174 g/mol. The fourth-order valence-corrected chi connectivity index (χ4v) is 1.59. The average molecular weight is 187 g/mol. The second-order valence-electron chi connectivity index (χ2n) is 3.20. The Labute approximate surface area is 83.2 Å². The lowest BCUT2D eigenvalue weighted by molar-refractivity contribution is 0.774. The molecule has 0 spiro atoms. The van der Waals surface area contributed by atoms with Crippen LogP contribution in [-0.4, -0.2) is 9.78 Å². The van der Waals surface area contributed by atoms with E-state index in [1.807, 2.05) is 36.0 Å². The molecule has 2 aromatic rings. The number of nitrogens with two attached hydrogens (primary N) is 1. The second kappa shape index (κ2) is 3.64. The van der Waals surface area contributed by atoms with Gasteiger partial charge in [0.15, 0.2) is 0 Å². The maximum absolute atomic E-state index is 5.68. The molecule has 0 saturated carbocycles. The van der Waals surface area contributed by atoms with E-state index in [1.165, 1.54) is 0 Å². The molecule has 0 fully saturated rings. The van der Waals surface area contributed by atoms with Crippen molar-refractivity contribution in [2.45, 2.75) is 6.54 Å². The first kappa shape index (κ1) is 8.97. The van der Waals surface area contributed by atoms with Crippen LogP contribution in [0.25, 0.3) is 11.3 Å². The molecule has 72 valence electrons. The Kier molecular flexibility index (Phi) is 2.33. The molecule has 0 saturated heterocycles. The van der Waals surface area contributed by atoms with Gasteiger partial charge in [0.2, 0.25) is 0 Å². The van der Waals surface area contributed by atoms with Gasteiger partial charge in [0.25, 0.3) is 0 Å². The van der Waals surface area contributed by atoms with E-state index in [0.29, 0.717) is 6.54 Å². The summed E-state index contributed by atoms with van der Waals surface area (Å²) in [5, 5.41) is 4.14. The molecule has 1 aromatic heterocycles. The van der Waals surface area contributed by atoms with Gasteiger partial charge in [0.1, 0.15) is 0 Å². The van der Waals surface area contributed by atoms with Crippen LogP contribution in [0.1, 0.15) is 5.56 Å². The minimum Gasteiger partial charge on any atom is -0.326 e. The van der Waals surface area contributed by atoms with Crippen LogP contribution in [-0.2, 0) is 13.6 Å². The zero-order valence-electron chi connectivity index (χ0n) is 8.14. The van der Waals surface area contributed by atoms with Crippen LogP contribution in [0.15, 0.2) is 36.5 Å². The van der Waals surface area contributed by atoms with Crippen molar-refractivity contribution < 1.29 is 0 Å². The molecule has 0 aliphatic rings. The average Bonchev–Trinajstić information content (AvgIpc) is 2.64. The lowest BCUT2D eigenvalue weighted by Gasteiger charge is -2.07. The highest BCUT2D eigenvalue weighted by atomic mass is 15.3. The van der Waals surface area contributed by atoms with Crippen molar-refractivity contribution in [3.05, 3.63) is 42.1 Å². The standard InChI is InChI=1S/C11H13N3/c1-14-11(6-7-13-14)10-5-3-2-4-9(10)8-12/h2-7H,8,12H2,1H3. The Morgan fingerprint density at radius 1 is 1.29 bits per heavy atom. The summed E-state index contributed by atoms with van der Waals surface area (Å²) >= 11 is 0. The summed E-state index contributed by atoms with van der Waals surface area (Å²) in [4.78, 5) is 0. The molecule has 0 bridgehead atoms. The molecule has 0 radical (unpaired) electrons. The number of aryl methyl sites for hydroxylation is 1. The van der Waals surface area contributed by atoms with Crippen LogP contribution in [0.3, 0.4) is 0 Å². The highest BCUT2D eigenvalue weighted by Gasteiger charge is 2.05. The number of nitrogens with zero attached hydrogens (tertiary/aromatic N) is 2. The van der Waals surface area contributed by atoms with E-state index < -0.39 is 0 Å². The van der Waals surface area contributed by atoms with Crippen molar-refractivity contribution in [2.75, 3.05) is 0 Å². The SMILES string of the molecule is Cn1nccc1-c1ccccc1CN. The molecule has 3 nitrogen and oxygen atoms in total. The molecule has 14 heavy (non-hydrogen) atoms. The van der Waals surface area contributed by atoms with Gasteiger partial charge >= 0.3 is 0 Å². The Morgan fingerprint density at radius 3 is 2.71 bits per heavy atom. The van der Waals surface area contributed by atoms with Gasteiger partial charge in [-0.1, -0.05) is 24.3 Å². The normalized spacial score (nSPS) is 10.4. The topological polar surface area (TPSA) is 43.8 Å². The van der Waals surface area contributed by atoms with E-state index in [-0.39, 0.29) is 0 Å². The first-order valence-electron chi connectivity index (χ1n) is 4.59. The van der Waals surface area contributed by atoms with Crippen molar-refractivity contribution in [3.8, 4) is 11.3 Å². The predicted molar refractivity (Wildman–Crippen MR) is 56.5 cm³/mol. The Morgan fingerprint density at radius 2 is 2.07 bits per heavy atom. The molecule has 1 heterocycles. The number of hydrogen-bond acceptors (Lipinski definition) is 2. The van der Waals surface area contributed by atoms with Crippen LogP contribution in [0.5, 0.6) is 0 Å². The highest BCUT2D eigenvalue weighted by Crippen LogP contribution is 2.21. The first-order chi connectivity index (χ1) is 6.83. The van der Waals surface area contributed by atoms with Crippen molar-refractivity contribution in [1.82, 2.24) is 9.78 Å². The molecular formula is C11H13N3. The van der Waals surface area contributed by atoms with Crippen LogP contribution < -0.4 is 5.73 Å². The third-order valence-corrected chi connectivity index (χ3v) is 2.33. The fourth-order valence-electron chi connectivity index (χ4n) is 1.59. The molecule has 2 N–H and O–H groups in total. The lowest BCUT2D eigenvalue weighted by Crippen LogP contribution is -2.01. The van der Waals surface area contributed by atoms with E-state index in [0.717, 1.165) is 16.8 Å². The number of rotatable bonds is 2. The summed E-state index contributed by atoms with van der Waals surface area (Å²) in [6.45, 7) is 0.557. The minimum absolute atomic E-state index is 0.557. The van der Waals surface area contributed by atoms with Crippen LogP contribution >= 0.6 is 0 Å². The molecule has 0 unspecified atom stereocenters. The highest BCUT2D eigenvalue weighted by molar-refractivity contribution is 5.63. The van der Waals surface area contributed by atoms with E-state index in [4.69, 9.17) is 5.73 Å². The van der Waals surface area contributed by atoms with Gasteiger partial charge in [-0.3, -0.25) is 4.68 Å². The van der Waals surface area contributed by atoms with Gasteiger partial charge < -0.3 is 5.73 Å². The molecule has 3 heteroatoms. The summed E-state index contributed by atoms with van der Waals surface area (Å²) in [6.07, 6.45) is 1.79. The quantitative estimate of drug-likeness (QED) is 0.775. The monoisotopic (exact) mass is 187 g/mol. The molecule has 0 amide bonds. The summed E-state index contributed by atoms with van der Waals surface area (Å²) in [5.74, 6) is 0. The summed E-state index contributed by atoms with van der Waals surface area (Å²) in [5.41, 5.74) is 9.09. The third-order valence-electron chi connectivity index (χ3n) is 2.33. The predicted octanol–water partition coefficient (Wildman–Crippen LogP) is 1.55. The van der Waals surface area contributed by atoms with Crippen LogP contribution in [0.4, 0.5) is 0 Å². The van der Waals surface area contributed by atoms with Crippen molar-refractivity contribution in [2.24, 2.45) is 12.8 Å². The number of benzene rings is 1. The van der Waals surface area contributed by atoms with E-state index in [1.54, 1.807) is 6.20 Å². The summed E-state index contributed by atoms with van der Waals surface area (Å²) < 4.78 is 1.86. The zero-order valence-corrected chi connectivity index (χ0v) is 8.14. The fraction of sp³-hybridized carbons (Fsp3) is 0.182. The maximum Gasteiger partial charge on any atom is 0.0682 e. The van der Waals surface area contributed by atoms with Crippen molar-refractivity contribution >= 4 is 0 Å². The van der Waals surface area contributed by atoms with Gasteiger partial charge in [-0.15, -0.1) is 0 Å². The van der Waals surface area contributed by atoms with Crippen molar-refractivity contribution in [1.29, 1.82) is 0 Å². The molecule has 2 rings (SSSR count). The second-order valence-corrected chi connectivity index (χ2v) is 3.20. The molecule has 0 aliphatic carbocycles. The van der Waals surface area contributed by atoms with Gasteiger partial charge in [-0.25, -0.2) is 0 Å². The zero-order chi connectivity index (χ0) is 9.97. The van der Waals surface area contributed by atoms with Crippen LogP contribution in [0.2, 0.25) is 0 Å². The van der Waals surface area contributed by atoms with Gasteiger partial charge in [0.05, 0.1) is 5.69 Å². The molecule has 1 aromatic carbocycles. The maximum atomic E-state index is 5.68. The largest absolute Gasteiger partial charge is 0.326 e. The smallest absolute Gasteiger partial charge is 0.0682 e. The summed E-state index contributed by atoms with van der Waals surface area (Å²) in [6, 6.07) is 10.1. The van der Waals surface area contributed by atoms with Gasteiger partial charge in [-0.05, 0) is 11.6 Å². The van der Waals surface area contributed by atoms with Crippen LogP contribution in [0, 0.1) is 0 Å². The third kappa shape index (κ3) is 1.42. The Balaban J connectivity index is 2.56. The van der Waals surface area contributed by atoms with Gasteiger partial charge in [-0.2, -0.15) is 5.10 Å². The minimum atomic E-state index is 0.557. The summed E-state index contributed by atoms with van der Waals surface area (Å²) in [7, 11) is 1.93. The lowest BCUT2D eigenvalue weighted by atomic mass is 10.0. The van der Waals surface area contributed by atoms with E-state index in [2.05, 4.69) is 11.2 Å². The van der Waals surface area contributed by atoms with E-state index in [9.17, 15) is 0 Å². The molecule has 0 aliphatic heterocycles. The molecule has 0 atom stereocenters. The number of aromatic nitrogens is 2.